The van der Waals surface area contributed by atoms with Gasteiger partial charge in [-0.1, -0.05) is 19.8 Å². The van der Waals surface area contributed by atoms with E-state index in [2.05, 4.69) is 10.1 Å². The van der Waals surface area contributed by atoms with Gasteiger partial charge < -0.3 is 14.8 Å². The minimum Gasteiger partial charge on any atom is -0.454 e. The van der Waals surface area contributed by atoms with E-state index in [0.717, 1.165) is 36.3 Å². The van der Waals surface area contributed by atoms with Crippen molar-refractivity contribution in [1.29, 1.82) is 0 Å². The van der Waals surface area contributed by atoms with Crippen LogP contribution in [0.15, 0.2) is 24.3 Å². The summed E-state index contributed by atoms with van der Waals surface area (Å²) >= 11 is 0. The van der Waals surface area contributed by atoms with Gasteiger partial charge in [-0.25, -0.2) is 4.79 Å². The number of nitrogens with one attached hydrogen (secondary N) is 2. The summed E-state index contributed by atoms with van der Waals surface area (Å²) in [4.78, 5) is 61.9. The van der Waals surface area contributed by atoms with E-state index in [0.29, 0.717) is 6.42 Å². The Morgan fingerprint density at radius 1 is 1.21 bits per heavy atom. The molecule has 2 N–H and O–H groups in total. The molecule has 178 valence electrons. The molecule has 0 aromatic heterocycles. The molecule has 1 aromatic carbocycles. The van der Waals surface area contributed by atoms with Crippen molar-refractivity contribution in [2.75, 3.05) is 13.2 Å². The fourth-order valence-corrected chi connectivity index (χ4v) is 3.98. The lowest BCUT2D eigenvalue weighted by Gasteiger charge is -2.36. The molecule has 1 spiro atoms. The summed E-state index contributed by atoms with van der Waals surface area (Å²) in [5, 5.41) is 4.67. The summed E-state index contributed by atoms with van der Waals surface area (Å²) < 4.78 is 33.2. The maximum atomic E-state index is 12.8. The number of hydrogen-bond donors (Lipinski definition) is 2. The molecule has 2 fully saturated rings. The minimum atomic E-state index is -3.01. The monoisotopic (exact) mass is 467 g/mol. The number of amides is 5. The van der Waals surface area contributed by atoms with Gasteiger partial charge in [-0.3, -0.25) is 29.4 Å². The normalized spacial score (nSPS) is 22.3. The second-order valence-electron chi connectivity index (χ2n) is 7.88. The second-order valence-corrected chi connectivity index (χ2v) is 7.88. The van der Waals surface area contributed by atoms with Crippen LogP contribution in [0.3, 0.4) is 0 Å². The van der Waals surface area contributed by atoms with Gasteiger partial charge in [0.1, 0.15) is 17.8 Å². The molecule has 1 saturated carbocycles. The first kappa shape index (κ1) is 24.1. The zero-order chi connectivity index (χ0) is 24.2. The molecule has 1 aliphatic carbocycles. The van der Waals surface area contributed by atoms with Crippen LogP contribution < -0.4 is 15.4 Å². The van der Waals surface area contributed by atoms with Gasteiger partial charge in [-0.2, -0.15) is 8.78 Å². The van der Waals surface area contributed by atoms with E-state index in [1.807, 2.05) is 12.2 Å². The molecule has 1 saturated heterocycles. The highest BCUT2D eigenvalue weighted by molar-refractivity contribution is 6.09. The highest BCUT2D eigenvalue weighted by atomic mass is 19.3. The number of halogens is 2. The maximum Gasteiger partial charge on any atom is 0.387 e. The average Bonchev–Trinajstić information content (AvgIpc) is 2.99. The largest absolute Gasteiger partial charge is 0.454 e. The lowest BCUT2D eigenvalue weighted by atomic mass is 9.73. The quantitative estimate of drug-likeness (QED) is 0.460. The third-order valence-electron chi connectivity index (χ3n) is 5.75. The summed E-state index contributed by atoms with van der Waals surface area (Å²) in [6.45, 7) is -2.62. The van der Waals surface area contributed by atoms with Gasteiger partial charge in [0.05, 0.1) is 0 Å². The molecular formula is C21H23F2N3O7. The van der Waals surface area contributed by atoms with E-state index >= 15 is 0 Å². The lowest BCUT2D eigenvalue weighted by molar-refractivity contribution is -0.151. The average molecular weight is 467 g/mol. The van der Waals surface area contributed by atoms with Crippen LogP contribution >= 0.6 is 0 Å². The van der Waals surface area contributed by atoms with Gasteiger partial charge in [0.25, 0.3) is 17.7 Å². The minimum absolute atomic E-state index is 0.0115. The molecule has 1 heterocycles. The summed E-state index contributed by atoms with van der Waals surface area (Å²) in [6.07, 6.45) is 3.00. The fraction of sp³-hybridized carbons (Fsp3) is 0.476. The molecule has 10 nitrogen and oxygen atoms in total. The van der Waals surface area contributed by atoms with E-state index in [1.165, 1.54) is 12.1 Å². The van der Waals surface area contributed by atoms with E-state index < -0.39 is 55.0 Å². The summed E-state index contributed by atoms with van der Waals surface area (Å²) in [6, 6.07) is 3.91. The third-order valence-corrected chi connectivity index (χ3v) is 5.75. The lowest BCUT2D eigenvalue weighted by Crippen LogP contribution is -2.54. The van der Waals surface area contributed by atoms with Crippen molar-refractivity contribution in [1.82, 2.24) is 15.5 Å². The van der Waals surface area contributed by atoms with Crippen LogP contribution in [0.2, 0.25) is 0 Å². The highest BCUT2D eigenvalue weighted by Gasteiger charge is 2.55. The van der Waals surface area contributed by atoms with Gasteiger partial charge in [0.15, 0.2) is 6.61 Å². The van der Waals surface area contributed by atoms with Crippen LogP contribution in [0.5, 0.6) is 5.75 Å². The van der Waals surface area contributed by atoms with Crippen LogP contribution in [0.1, 0.15) is 43.0 Å². The zero-order valence-corrected chi connectivity index (χ0v) is 17.8. The van der Waals surface area contributed by atoms with Gasteiger partial charge in [-0.15, -0.1) is 0 Å². The number of carbonyl (C=O) groups excluding carboxylic acids is 5. The Balaban J connectivity index is 1.47. The van der Waals surface area contributed by atoms with E-state index in [-0.39, 0.29) is 17.2 Å². The predicted octanol–water partition coefficient (Wildman–Crippen LogP) is 1.59. The Bertz CT molecular complexity index is 954. The van der Waals surface area contributed by atoms with Crippen molar-refractivity contribution in [3.8, 4) is 5.75 Å². The molecule has 1 aromatic rings. The predicted molar refractivity (Wildman–Crippen MR) is 107 cm³/mol. The Hall–Kier alpha value is -3.57. The molecule has 2 atom stereocenters. The zero-order valence-electron chi connectivity index (χ0n) is 17.8. The van der Waals surface area contributed by atoms with Crippen molar-refractivity contribution < 1.29 is 42.2 Å². The Morgan fingerprint density at radius 3 is 2.55 bits per heavy atom. The molecule has 33 heavy (non-hydrogen) atoms. The van der Waals surface area contributed by atoms with Crippen molar-refractivity contribution in [2.45, 2.75) is 44.8 Å². The third kappa shape index (κ3) is 5.44. The summed E-state index contributed by atoms with van der Waals surface area (Å²) in [5.74, 6) is -3.51. The number of imide groups is 2. The Morgan fingerprint density at radius 2 is 1.91 bits per heavy atom. The second kappa shape index (κ2) is 9.92. The SMILES string of the molecule is C[C@@H]1CCCC[C@]12NC(=O)N(CC(=O)OCC(=O)NC(=O)c1ccc(OC(F)F)cc1)C2=O. The molecule has 0 radical (unpaired) electrons. The van der Waals surface area contributed by atoms with E-state index in [9.17, 15) is 32.8 Å². The number of nitrogens with zero attached hydrogens (tertiary/aromatic N) is 1. The van der Waals surface area contributed by atoms with Gasteiger partial charge in [-0.05, 0) is 43.0 Å². The number of alkyl halides is 2. The number of carbonyl (C=O) groups is 5. The standard InChI is InChI=1S/C21H23F2N3O7/c1-12-4-2-3-9-21(12)18(30)26(20(31)25-21)10-16(28)32-11-15(27)24-17(29)13-5-7-14(8-6-13)33-19(22)23/h5-8,12,19H,2-4,9-11H2,1H3,(H,25,31)(H,24,27,29)/t12-,21+/m1/s1. The Labute approximate surface area is 187 Å². The molecular weight excluding hydrogens is 444 g/mol. The molecule has 0 bridgehead atoms. The summed E-state index contributed by atoms with van der Waals surface area (Å²) in [5.41, 5.74) is -1.03. The summed E-state index contributed by atoms with van der Waals surface area (Å²) in [7, 11) is 0. The van der Waals surface area contributed by atoms with Crippen LogP contribution in [0, 0.1) is 5.92 Å². The topological polar surface area (TPSA) is 131 Å². The van der Waals surface area contributed by atoms with Gasteiger partial charge >= 0.3 is 18.6 Å². The van der Waals surface area contributed by atoms with Crippen molar-refractivity contribution in [3.05, 3.63) is 29.8 Å². The maximum absolute atomic E-state index is 12.8. The van der Waals surface area contributed by atoms with Gasteiger partial charge in [0, 0.05) is 5.56 Å². The van der Waals surface area contributed by atoms with Crippen LogP contribution in [0.4, 0.5) is 13.6 Å². The number of esters is 1. The van der Waals surface area contributed by atoms with Gasteiger partial charge in [0.2, 0.25) is 0 Å². The molecule has 0 unspecified atom stereocenters. The van der Waals surface area contributed by atoms with E-state index in [1.54, 1.807) is 0 Å². The molecule has 2 aliphatic rings. The number of rotatable bonds is 7. The highest BCUT2D eigenvalue weighted by Crippen LogP contribution is 2.38. The van der Waals surface area contributed by atoms with Crippen LogP contribution in [-0.2, 0) is 19.1 Å². The van der Waals surface area contributed by atoms with Crippen molar-refractivity contribution in [2.24, 2.45) is 5.92 Å². The molecule has 3 rings (SSSR count). The molecule has 1 aliphatic heterocycles. The first-order chi connectivity index (χ1) is 15.6. The first-order valence-corrected chi connectivity index (χ1v) is 10.3. The first-order valence-electron chi connectivity index (χ1n) is 10.3. The number of ether oxygens (including phenoxy) is 2. The van der Waals surface area contributed by atoms with Crippen LogP contribution in [0.25, 0.3) is 0 Å². The number of hydrogen-bond acceptors (Lipinski definition) is 7. The Kier molecular flexibility index (Phi) is 7.24. The van der Waals surface area contributed by atoms with E-state index in [4.69, 9.17) is 4.74 Å². The fourth-order valence-electron chi connectivity index (χ4n) is 3.98. The number of urea groups is 1. The van der Waals surface area contributed by atoms with Crippen molar-refractivity contribution >= 4 is 29.7 Å². The number of benzene rings is 1. The van der Waals surface area contributed by atoms with Crippen LogP contribution in [-0.4, -0.2) is 59.9 Å². The molecule has 12 heteroatoms. The van der Waals surface area contributed by atoms with Crippen molar-refractivity contribution in [3.63, 3.8) is 0 Å². The molecule has 5 amide bonds. The smallest absolute Gasteiger partial charge is 0.387 e.